The first kappa shape index (κ1) is 81.0. The van der Waals surface area contributed by atoms with Crippen molar-refractivity contribution >= 4 is 13.7 Å². The molecule has 0 aliphatic carbocycles. The van der Waals surface area contributed by atoms with E-state index in [-0.39, 0.29) is 19.1 Å². The summed E-state index contributed by atoms with van der Waals surface area (Å²) in [6, 6.07) is -0.862. The van der Waals surface area contributed by atoms with Gasteiger partial charge in [-0.15, -0.1) is 0 Å². The fourth-order valence-corrected chi connectivity index (χ4v) is 12.2. The molecule has 0 aromatic carbocycles. The predicted octanol–water partition coefficient (Wildman–Crippen LogP) is 23.4. The number of aliphatic hydroxyl groups is 1. The molecule has 0 rings (SSSR count). The summed E-state index contributed by atoms with van der Waals surface area (Å²) in [7, 11) is 1.58. The van der Waals surface area contributed by atoms with Gasteiger partial charge in [0.2, 0.25) is 5.91 Å². The number of nitrogens with zero attached hydrogens (tertiary/aromatic N) is 1. The Hall–Kier alpha value is -1.02. The Bertz CT molecular complexity index is 1390. The van der Waals surface area contributed by atoms with Crippen LogP contribution in [0.25, 0.3) is 0 Å². The van der Waals surface area contributed by atoms with E-state index in [4.69, 9.17) is 9.05 Å². The summed E-state index contributed by atoms with van der Waals surface area (Å²) in [6.07, 6.45) is 85.0. The molecule has 0 radical (unpaired) electrons. The molecule has 0 aliphatic heterocycles. The average molecular weight is 1180 g/mol. The minimum Gasteiger partial charge on any atom is -0.387 e. The number of nitrogens with one attached hydrogen (secondary N) is 1. The number of carbonyl (C=O) groups excluding carboxylic acids is 1. The van der Waals surface area contributed by atoms with E-state index < -0.39 is 20.0 Å². The highest BCUT2D eigenvalue weighted by atomic mass is 31.2. The van der Waals surface area contributed by atoms with Gasteiger partial charge in [-0.2, -0.15) is 0 Å². The second kappa shape index (κ2) is 64.5. The number of rotatable bonds is 69. The van der Waals surface area contributed by atoms with E-state index in [1.54, 1.807) is 6.08 Å². The Morgan fingerprint density at radius 2 is 0.671 bits per heavy atom. The third-order valence-electron chi connectivity index (χ3n) is 17.2. The average Bonchev–Trinajstić information content (AvgIpc) is 3.45. The maximum atomic E-state index is 13.1. The predicted molar refractivity (Wildman–Crippen MR) is 360 cm³/mol. The molecule has 0 saturated carbocycles. The van der Waals surface area contributed by atoms with Crippen molar-refractivity contribution in [1.82, 2.24) is 5.32 Å². The minimum absolute atomic E-state index is 0.0591. The van der Waals surface area contributed by atoms with Gasteiger partial charge in [0.05, 0.1) is 39.9 Å². The molecule has 0 fully saturated rings. The van der Waals surface area contributed by atoms with Gasteiger partial charge < -0.3 is 19.8 Å². The first-order chi connectivity index (χ1) is 40.0. The summed E-state index contributed by atoms with van der Waals surface area (Å²) in [6.45, 7) is 4.87. The van der Waals surface area contributed by atoms with Gasteiger partial charge in [0.25, 0.3) is 0 Å². The molecule has 3 N–H and O–H groups in total. The Labute approximate surface area is 513 Å². The van der Waals surface area contributed by atoms with E-state index in [1.807, 2.05) is 27.2 Å². The number of carbonyl (C=O) groups is 1. The van der Waals surface area contributed by atoms with Gasteiger partial charge in [-0.25, -0.2) is 4.57 Å². The number of phosphoric acid groups is 1. The van der Waals surface area contributed by atoms with Gasteiger partial charge in [0.15, 0.2) is 0 Å². The first-order valence-electron chi connectivity index (χ1n) is 36.7. The highest BCUT2D eigenvalue weighted by molar-refractivity contribution is 7.47. The maximum Gasteiger partial charge on any atom is 0.472 e. The van der Waals surface area contributed by atoms with Gasteiger partial charge in [0, 0.05) is 6.42 Å². The summed E-state index contributed by atoms with van der Waals surface area (Å²) < 4.78 is 23.8. The second-order valence-electron chi connectivity index (χ2n) is 26.7. The van der Waals surface area contributed by atoms with Crippen LogP contribution in [0.15, 0.2) is 24.3 Å². The Morgan fingerprint density at radius 3 is 0.976 bits per heavy atom. The van der Waals surface area contributed by atoms with Gasteiger partial charge >= 0.3 is 7.82 Å². The standard InChI is InChI=1S/C73H145N2O6P/c1-6-8-10-12-14-16-18-20-22-24-26-28-30-32-34-35-36-37-38-39-40-41-43-45-47-49-51-53-55-57-59-61-63-65-67-73(77)74-71(70-81-82(78,79)80-69-68-75(3,4)5)72(76)66-64-62-60-58-56-54-52-50-48-46-44-42-33-31-29-27-25-23-21-19-17-15-13-11-9-7-2/h56,58,64,66,71-72,76H,6-55,57,59-63,65,67-70H2,1-5H3,(H-,74,77,78,79)/p+1/b58-56+,66-64+. The number of amides is 1. The van der Waals surface area contributed by atoms with Crippen LogP contribution in [0.2, 0.25) is 0 Å². The highest BCUT2D eigenvalue weighted by Gasteiger charge is 2.28. The van der Waals surface area contributed by atoms with Crippen LogP contribution in [0.1, 0.15) is 386 Å². The Morgan fingerprint density at radius 1 is 0.402 bits per heavy atom. The van der Waals surface area contributed by atoms with Gasteiger partial charge in [-0.1, -0.05) is 372 Å². The van der Waals surface area contributed by atoms with Crippen molar-refractivity contribution in [2.24, 2.45) is 0 Å². The largest absolute Gasteiger partial charge is 0.472 e. The molecule has 9 heteroatoms. The van der Waals surface area contributed by atoms with Crippen molar-refractivity contribution in [3.8, 4) is 0 Å². The molecular weight excluding hydrogens is 1030 g/mol. The molecule has 3 atom stereocenters. The summed E-state index contributed by atoms with van der Waals surface area (Å²) >= 11 is 0. The third-order valence-corrected chi connectivity index (χ3v) is 18.2. The quantitative estimate of drug-likeness (QED) is 0.0243. The summed E-state index contributed by atoms with van der Waals surface area (Å²) in [5.74, 6) is -0.177. The molecule has 3 unspecified atom stereocenters. The zero-order chi connectivity index (χ0) is 59.8. The summed E-state index contributed by atoms with van der Waals surface area (Å²) in [5.41, 5.74) is 0. The van der Waals surface area contributed by atoms with Crippen LogP contribution < -0.4 is 5.32 Å². The first-order valence-corrected chi connectivity index (χ1v) is 38.2. The molecule has 0 aromatic rings. The van der Waals surface area contributed by atoms with E-state index >= 15 is 0 Å². The Kier molecular flexibility index (Phi) is 63.7. The molecule has 82 heavy (non-hydrogen) atoms. The number of unbranched alkanes of at least 4 members (excludes halogenated alkanes) is 54. The number of quaternary nitrogens is 1. The number of aliphatic hydroxyl groups excluding tert-OH is 1. The minimum atomic E-state index is -4.36. The van der Waals surface area contributed by atoms with E-state index in [0.29, 0.717) is 17.4 Å². The second-order valence-corrected chi connectivity index (χ2v) is 28.1. The Balaban J connectivity index is 4.01. The van der Waals surface area contributed by atoms with Crippen LogP contribution in [0.4, 0.5) is 0 Å². The van der Waals surface area contributed by atoms with Crippen molar-refractivity contribution in [1.29, 1.82) is 0 Å². The van der Waals surface area contributed by atoms with Crippen molar-refractivity contribution in [3.63, 3.8) is 0 Å². The number of allylic oxidation sites excluding steroid dienone is 3. The molecule has 1 amide bonds. The normalized spacial score (nSPS) is 13.7. The molecular formula is C73H146N2O6P+. The van der Waals surface area contributed by atoms with E-state index in [0.717, 1.165) is 38.5 Å². The van der Waals surface area contributed by atoms with Crippen LogP contribution in [0, 0.1) is 0 Å². The molecule has 0 heterocycles. The van der Waals surface area contributed by atoms with E-state index in [1.165, 1.54) is 327 Å². The smallest absolute Gasteiger partial charge is 0.387 e. The monoisotopic (exact) mass is 1180 g/mol. The van der Waals surface area contributed by atoms with Crippen LogP contribution >= 0.6 is 7.82 Å². The fourth-order valence-electron chi connectivity index (χ4n) is 11.5. The van der Waals surface area contributed by atoms with Crippen LogP contribution in [0.5, 0.6) is 0 Å². The van der Waals surface area contributed by atoms with Gasteiger partial charge in [0.1, 0.15) is 13.2 Å². The van der Waals surface area contributed by atoms with E-state index in [9.17, 15) is 19.4 Å². The summed E-state index contributed by atoms with van der Waals surface area (Å²) in [4.78, 5) is 23.4. The van der Waals surface area contributed by atoms with Crippen molar-refractivity contribution in [2.75, 3.05) is 40.9 Å². The van der Waals surface area contributed by atoms with Crippen LogP contribution in [-0.4, -0.2) is 73.4 Å². The molecule has 0 aliphatic rings. The highest BCUT2D eigenvalue weighted by Crippen LogP contribution is 2.43. The lowest BCUT2D eigenvalue weighted by atomic mass is 10.0. The molecule has 488 valence electrons. The maximum absolute atomic E-state index is 13.1. The zero-order valence-corrected chi connectivity index (χ0v) is 56.9. The zero-order valence-electron chi connectivity index (χ0n) is 56.0. The molecule has 0 saturated heterocycles. The summed E-state index contributed by atoms with van der Waals surface area (Å²) in [5, 5.41) is 14.0. The lowest BCUT2D eigenvalue weighted by Crippen LogP contribution is -2.45. The van der Waals surface area contributed by atoms with Crippen LogP contribution in [-0.2, 0) is 18.4 Å². The van der Waals surface area contributed by atoms with Crippen molar-refractivity contribution in [2.45, 2.75) is 398 Å². The van der Waals surface area contributed by atoms with E-state index in [2.05, 4.69) is 31.3 Å². The fraction of sp³-hybridized carbons (Fsp3) is 0.932. The van der Waals surface area contributed by atoms with Gasteiger partial charge in [-0.3, -0.25) is 13.8 Å². The van der Waals surface area contributed by atoms with Crippen molar-refractivity contribution in [3.05, 3.63) is 24.3 Å². The number of hydrogen-bond donors (Lipinski definition) is 3. The number of phosphoric ester groups is 1. The molecule has 0 bridgehead atoms. The number of hydrogen-bond acceptors (Lipinski definition) is 5. The van der Waals surface area contributed by atoms with Gasteiger partial charge in [-0.05, 0) is 32.1 Å². The molecule has 0 spiro atoms. The van der Waals surface area contributed by atoms with Crippen LogP contribution in [0.3, 0.4) is 0 Å². The topological polar surface area (TPSA) is 105 Å². The molecule has 8 nitrogen and oxygen atoms in total. The SMILES string of the molecule is CCCCCCCCCCCCCCCCCCCCCC/C=C/CC/C=C/C(O)C(COP(=O)(O)OCC[N+](C)(C)C)NC(=O)CCCCCCCCCCCCCCCCCCCCCCCCCCCCCCCCCCCC. The number of likely N-dealkylation sites (N-methyl/N-ethyl adjacent to an activating group) is 1. The third kappa shape index (κ3) is 66.5. The lowest BCUT2D eigenvalue weighted by molar-refractivity contribution is -0.870. The van der Waals surface area contributed by atoms with Crippen molar-refractivity contribution < 1.29 is 32.9 Å². The lowest BCUT2D eigenvalue weighted by Gasteiger charge is -2.25. The molecule has 0 aromatic heterocycles.